The molecule has 1 rings (SSSR count). The highest BCUT2D eigenvalue weighted by Crippen LogP contribution is 2.32. The zero-order valence-electron chi connectivity index (χ0n) is 14.1. The van der Waals surface area contributed by atoms with Gasteiger partial charge in [-0.2, -0.15) is 0 Å². The number of para-hydroxylation sites is 1. The van der Waals surface area contributed by atoms with E-state index in [1.807, 2.05) is 0 Å². The maximum absolute atomic E-state index is 3.72. The van der Waals surface area contributed by atoms with Crippen LogP contribution in [0.5, 0.6) is 0 Å². The summed E-state index contributed by atoms with van der Waals surface area (Å²) < 4.78 is 0. The Labute approximate surface area is 126 Å². The maximum Gasteiger partial charge on any atom is 0.0410 e. The van der Waals surface area contributed by atoms with Gasteiger partial charge in [0.05, 0.1) is 0 Å². The molecule has 0 heterocycles. The van der Waals surface area contributed by atoms with Crippen LogP contribution in [0.15, 0.2) is 18.2 Å². The van der Waals surface area contributed by atoms with Gasteiger partial charge in [0.15, 0.2) is 0 Å². The molecule has 0 aliphatic rings. The smallest absolute Gasteiger partial charge is 0.0410 e. The fraction of sp³-hybridized carbons (Fsp3) is 0.684. The van der Waals surface area contributed by atoms with E-state index in [0.29, 0.717) is 11.8 Å². The van der Waals surface area contributed by atoms with Gasteiger partial charge in [-0.05, 0) is 29.4 Å². The molecular formula is C19H33N. The minimum Gasteiger partial charge on any atom is -0.385 e. The number of unbranched alkanes of at least 4 members (excludes halogenated alkanes) is 4. The lowest BCUT2D eigenvalue weighted by Crippen LogP contribution is -2.09. The van der Waals surface area contributed by atoms with Crippen LogP contribution in [0.4, 0.5) is 5.69 Å². The number of hydrogen-bond acceptors (Lipinski definition) is 1. The van der Waals surface area contributed by atoms with Crippen molar-refractivity contribution in [2.24, 2.45) is 0 Å². The van der Waals surface area contributed by atoms with Crippen molar-refractivity contribution in [1.82, 2.24) is 0 Å². The highest BCUT2D eigenvalue weighted by molar-refractivity contribution is 5.60. The number of hydrogen-bond donors (Lipinski definition) is 1. The van der Waals surface area contributed by atoms with Gasteiger partial charge in [-0.3, -0.25) is 0 Å². The summed E-state index contributed by atoms with van der Waals surface area (Å²) in [6.45, 7) is 12.5. The van der Waals surface area contributed by atoms with Crippen LogP contribution < -0.4 is 5.32 Å². The molecule has 0 aliphatic heterocycles. The summed E-state index contributed by atoms with van der Waals surface area (Å²) in [6.07, 6.45) is 6.70. The Hall–Kier alpha value is -0.980. The van der Waals surface area contributed by atoms with Crippen molar-refractivity contribution in [3.8, 4) is 0 Å². The average Bonchev–Trinajstić information content (AvgIpc) is 2.42. The van der Waals surface area contributed by atoms with Crippen molar-refractivity contribution >= 4 is 5.69 Å². The Balaban J connectivity index is 2.66. The highest BCUT2D eigenvalue weighted by Gasteiger charge is 2.12. The summed E-state index contributed by atoms with van der Waals surface area (Å²) in [7, 11) is 0. The van der Waals surface area contributed by atoms with Crippen LogP contribution in [0.1, 0.15) is 89.7 Å². The maximum atomic E-state index is 3.72. The summed E-state index contributed by atoms with van der Waals surface area (Å²) >= 11 is 0. The van der Waals surface area contributed by atoms with E-state index in [9.17, 15) is 0 Å². The lowest BCUT2D eigenvalue weighted by Gasteiger charge is -2.21. The Morgan fingerprint density at radius 1 is 0.850 bits per heavy atom. The van der Waals surface area contributed by atoms with Crippen LogP contribution in [-0.2, 0) is 0 Å². The molecule has 0 aromatic heterocycles. The molecule has 0 saturated carbocycles. The van der Waals surface area contributed by atoms with E-state index < -0.39 is 0 Å². The van der Waals surface area contributed by atoms with Crippen molar-refractivity contribution in [1.29, 1.82) is 0 Å². The Morgan fingerprint density at radius 3 is 1.90 bits per heavy atom. The number of nitrogens with one attached hydrogen (secondary N) is 1. The van der Waals surface area contributed by atoms with Crippen molar-refractivity contribution in [2.45, 2.75) is 78.6 Å². The van der Waals surface area contributed by atoms with Crippen LogP contribution in [0, 0.1) is 0 Å². The van der Waals surface area contributed by atoms with E-state index >= 15 is 0 Å². The summed E-state index contributed by atoms with van der Waals surface area (Å²) in [5.41, 5.74) is 4.32. The summed E-state index contributed by atoms with van der Waals surface area (Å²) in [4.78, 5) is 0. The van der Waals surface area contributed by atoms with E-state index in [2.05, 4.69) is 58.1 Å². The monoisotopic (exact) mass is 275 g/mol. The van der Waals surface area contributed by atoms with E-state index in [1.54, 1.807) is 0 Å². The zero-order valence-corrected chi connectivity index (χ0v) is 14.1. The summed E-state index contributed by atoms with van der Waals surface area (Å²) in [5, 5.41) is 3.72. The average molecular weight is 275 g/mol. The highest BCUT2D eigenvalue weighted by atomic mass is 14.9. The van der Waals surface area contributed by atoms with Gasteiger partial charge in [0.25, 0.3) is 0 Å². The number of rotatable bonds is 9. The van der Waals surface area contributed by atoms with Crippen LogP contribution in [0.3, 0.4) is 0 Å². The standard InChI is InChI=1S/C19H33N/c1-6-7-8-9-10-14-20-19-17(15(2)3)12-11-13-18(19)16(4)5/h11-13,15-16,20H,6-10,14H2,1-5H3. The predicted octanol–water partition coefficient (Wildman–Crippen LogP) is 6.32. The minimum atomic E-state index is 0.580. The Kier molecular flexibility index (Phi) is 7.72. The van der Waals surface area contributed by atoms with Gasteiger partial charge in [-0.1, -0.05) is 78.5 Å². The van der Waals surface area contributed by atoms with Gasteiger partial charge < -0.3 is 5.32 Å². The number of anilines is 1. The van der Waals surface area contributed by atoms with Gasteiger partial charge in [0, 0.05) is 12.2 Å². The number of benzene rings is 1. The molecular weight excluding hydrogens is 242 g/mol. The van der Waals surface area contributed by atoms with Crippen molar-refractivity contribution in [2.75, 3.05) is 11.9 Å². The third kappa shape index (κ3) is 5.19. The summed E-state index contributed by atoms with van der Waals surface area (Å²) in [5.74, 6) is 1.16. The molecule has 1 aromatic rings. The van der Waals surface area contributed by atoms with Crippen LogP contribution in [-0.4, -0.2) is 6.54 Å². The first-order chi connectivity index (χ1) is 9.57. The predicted molar refractivity (Wildman–Crippen MR) is 91.9 cm³/mol. The van der Waals surface area contributed by atoms with E-state index in [1.165, 1.54) is 48.9 Å². The summed E-state index contributed by atoms with van der Waals surface area (Å²) in [6, 6.07) is 6.75. The second kappa shape index (κ2) is 9.05. The molecule has 0 fully saturated rings. The molecule has 1 nitrogen and oxygen atoms in total. The lowest BCUT2D eigenvalue weighted by molar-refractivity contribution is 0.644. The Bertz CT molecular complexity index is 353. The van der Waals surface area contributed by atoms with Gasteiger partial charge in [-0.25, -0.2) is 0 Å². The molecule has 0 saturated heterocycles. The molecule has 1 heteroatoms. The molecule has 114 valence electrons. The third-order valence-corrected chi connectivity index (χ3v) is 3.96. The van der Waals surface area contributed by atoms with Crippen LogP contribution in [0.25, 0.3) is 0 Å². The molecule has 1 aromatic carbocycles. The van der Waals surface area contributed by atoms with Gasteiger partial charge in [0.2, 0.25) is 0 Å². The normalized spacial score (nSPS) is 11.3. The van der Waals surface area contributed by atoms with Crippen molar-refractivity contribution in [3.05, 3.63) is 29.3 Å². The zero-order chi connectivity index (χ0) is 15.0. The van der Waals surface area contributed by atoms with E-state index in [-0.39, 0.29) is 0 Å². The van der Waals surface area contributed by atoms with Gasteiger partial charge in [0.1, 0.15) is 0 Å². The first-order valence-corrected chi connectivity index (χ1v) is 8.44. The second-order valence-electron chi connectivity index (χ2n) is 6.46. The first kappa shape index (κ1) is 17.1. The van der Waals surface area contributed by atoms with Crippen molar-refractivity contribution < 1.29 is 0 Å². The molecule has 20 heavy (non-hydrogen) atoms. The minimum absolute atomic E-state index is 0.580. The molecule has 0 amide bonds. The Morgan fingerprint density at radius 2 is 1.40 bits per heavy atom. The molecule has 0 aliphatic carbocycles. The SMILES string of the molecule is CCCCCCCNc1c(C(C)C)cccc1C(C)C. The fourth-order valence-corrected chi connectivity index (χ4v) is 2.70. The largest absolute Gasteiger partial charge is 0.385 e. The van der Waals surface area contributed by atoms with Crippen LogP contribution >= 0.6 is 0 Å². The topological polar surface area (TPSA) is 12.0 Å². The quantitative estimate of drug-likeness (QED) is 0.520. The second-order valence-corrected chi connectivity index (χ2v) is 6.46. The third-order valence-electron chi connectivity index (χ3n) is 3.96. The molecule has 0 bridgehead atoms. The molecule has 0 radical (unpaired) electrons. The molecule has 0 unspecified atom stereocenters. The van der Waals surface area contributed by atoms with Crippen molar-refractivity contribution in [3.63, 3.8) is 0 Å². The molecule has 0 spiro atoms. The molecule has 0 atom stereocenters. The van der Waals surface area contributed by atoms with Crippen LogP contribution in [0.2, 0.25) is 0 Å². The first-order valence-electron chi connectivity index (χ1n) is 8.44. The van der Waals surface area contributed by atoms with Gasteiger partial charge in [-0.15, -0.1) is 0 Å². The van der Waals surface area contributed by atoms with Gasteiger partial charge >= 0.3 is 0 Å². The van der Waals surface area contributed by atoms with E-state index in [0.717, 1.165) is 6.54 Å². The van der Waals surface area contributed by atoms with E-state index in [4.69, 9.17) is 0 Å². The fourth-order valence-electron chi connectivity index (χ4n) is 2.70. The lowest BCUT2D eigenvalue weighted by atomic mass is 9.92. The molecule has 1 N–H and O–H groups in total.